The lowest BCUT2D eigenvalue weighted by molar-refractivity contribution is -0.137. The summed E-state index contributed by atoms with van der Waals surface area (Å²) in [6.07, 6.45) is -4.42. The minimum Gasteiger partial charge on any atom is -0.461 e. The first-order valence-corrected chi connectivity index (χ1v) is 16.0. The number of benzene rings is 2. The molecule has 4 aromatic rings. The van der Waals surface area contributed by atoms with Crippen LogP contribution in [0.15, 0.2) is 18.2 Å². The summed E-state index contributed by atoms with van der Waals surface area (Å²) in [6, 6.07) is 3.56. The van der Waals surface area contributed by atoms with E-state index in [1.807, 2.05) is 4.90 Å². The second kappa shape index (κ2) is 11.4. The summed E-state index contributed by atoms with van der Waals surface area (Å²) in [5, 5.41) is 9.11. The second-order valence-electron chi connectivity index (χ2n) is 12.7. The van der Waals surface area contributed by atoms with Crippen molar-refractivity contribution in [3.8, 4) is 23.2 Å². The highest BCUT2D eigenvalue weighted by Crippen LogP contribution is 2.48. The van der Waals surface area contributed by atoms with Gasteiger partial charge in [-0.15, -0.1) is 11.3 Å². The Morgan fingerprint density at radius 2 is 2.02 bits per heavy atom. The maximum Gasteiger partial charge on any atom is 0.417 e. The predicted molar refractivity (Wildman–Crippen MR) is 167 cm³/mol. The number of carbonyl (C=O) groups excluding carboxylic acids is 1. The summed E-state index contributed by atoms with van der Waals surface area (Å²) in [7, 11) is 3.14. The summed E-state index contributed by atoms with van der Waals surface area (Å²) in [5.74, 6) is -2.51. The van der Waals surface area contributed by atoms with Crippen LogP contribution >= 0.6 is 11.3 Å². The molecule has 3 atom stereocenters. The zero-order valence-corrected chi connectivity index (χ0v) is 26.6. The van der Waals surface area contributed by atoms with E-state index >= 15 is 4.39 Å². The third-order valence-corrected chi connectivity index (χ3v) is 10.9. The Kier molecular flexibility index (Phi) is 7.63. The van der Waals surface area contributed by atoms with Crippen molar-refractivity contribution in [1.82, 2.24) is 19.8 Å². The van der Waals surface area contributed by atoms with Gasteiger partial charge in [-0.05, 0) is 37.1 Å². The van der Waals surface area contributed by atoms with Gasteiger partial charge >= 0.3 is 12.2 Å². The van der Waals surface area contributed by atoms with E-state index < -0.39 is 52.2 Å². The quantitative estimate of drug-likeness (QED) is 0.250. The number of halogens is 6. The average molecular weight is 690 g/mol. The molecule has 2 aromatic heterocycles. The molecule has 3 saturated heterocycles. The first-order chi connectivity index (χ1) is 22.7. The van der Waals surface area contributed by atoms with Crippen molar-refractivity contribution in [2.24, 2.45) is 0 Å². The Morgan fingerprint density at radius 1 is 1.25 bits per heavy atom. The van der Waals surface area contributed by atoms with E-state index in [2.05, 4.69) is 9.97 Å². The number of likely N-dealkylation sites (N-methyl/N-ethyl adjacent to an activating group) is 2. The molecule has 0 radical (unpaired) electrons. The van der Waals surface area contributed by atoms with Crippen LogP contribution in [0.25, 0.3) is 32.1 Å². The molecule has 16 heteroatoms. The first kappa shape index (κ1) is 32.2. The summed E-state index contributed by atoms with van der Waals surface area (Å²) in [5.41, 5.74) is 1.78. The molecule has 0 spiro atoms. The second-order valence-corrected chi connectivity index (χ2v) is 13.7. The zero-order valence-electron chi connectivity index (χ0n) is 25.8. The van der Waals surface area contributed by atoms with E-state index in [1.165, 1.54) is 9.80 Å². The standard InChI is InChI=1S/C32H29F6N7O2S/c1-43-13-16(8-22(43)46)44(2)29-18-9-20(32(36,37)38)24(17-4-5-21(34)27-23(17)19(11-39)28(40)48-27)25(35)26(18)41-30(42-29)47-14-31-6-3-7-45(31)12-15(33)10-31/h4-5,9,15-16H,3,6-8,10,12-14,40H2,1-2H3/t15-,16-,31+/m1/s1. The molecule has 0 unspecified atom stereocenters. The molecule has 7 rings (SSSR count). The van der Waals surface area contributed by atoms with Crippen LogP contribution in [-0.2, 0) is 11.0 Å². The third-order valence-electron chi connectivity index (χ3n) is 9.83. The van der Waals surface area contributed by atoms with E-state index in [9.17, 15) is 32.0 Å². The number of nitrogens with zero attached hydrogens (tertiary/aromatic N) is 6. The van der Waals surface area contributed by atoms with Crippen LogP contribution in [0.2, 0.25) is 0 Å². The van der Waals surface area contributed by atoms with Crippen LogP contribution in [0.1, 0.15) is 36.8 Å². The van der Waals surface area contributed by atoms with E-state index in [1.54, 1.807) is 20.2 Å². The SMILES string of the molecule is CN1C[C@H](N(C)c2nc(OC[C@@]34CCCN3C[C@H](F)C4)nc3c(F)c(-c4ccc(F)c5sc(N)c(C#N)c45)c(C(F)(F)F)cc23)CC1=O. The molecular formula is C32H29F6N7O2S. The Bertz CT molecular complexity index is 2030. The van der Waals surface area contributed by atoms with Crippen molar-refractivity contribution in [2.45, 2.75) is 49.6 Å². The van der Waals surface area contributed by atoms with E-state index in [0.717, 1.165) is 24.6 Å². The Labute approximate surface area is 274 Å². The number of nitrogens with two attached hydrogens (primary N) is 1. The van der Waals surface area contributed by atoms with Crippen molar-refractivity contribution < 1.29 is 35.9 Å². The molecule has 48 heavy (non-hydrogen) atoms. The van der Waals surface area contributed by atoms with E-state index in [0.29, 0.717) is 24.3 Å². The fourth-order valence-electron chi connectivity index (χ4n) is 7.44. The minimum atomic E-state index is -5.12. The molecule has 1 amide bonds. The number of ether oxygens (including phenoxy) is 1. The predicted octanol–water partition coefficient (Wildman–Crippen LogP) is 5.88. The molecule has 0 saturated carbocycles. The largest absolute Gasteiger partial charge is 0.461 e. The molecule has 0 bridgehead atoms. The first-order valence-electron chi connectivity index (χ1n) is 15.2. The van der Waals surface area contributed by atoms with Crippen LogP contribution < -0.4 is 15.4 Å². The molecule has 252 valence electrons. The number of hydrogen-bond donors (Lipinski definition) is 1. The van der Waals surface area contributed by atoms with Gasteiger partial charge in [-0.1, -0.05) is 6.07 Å². The molecule has 3 fully saturated rings. The Hall–Kier alpha value is -4.36. The Balaban J connectivity index is 1.46. The van der Waals surface area contributed by atoms with E-state index in [-0.39, 0.29) is 81.9 Å². The van der Waals surface area contributed by atoms with Crippen LogP contribution in [0.5, 0.6) is 6.01 Å². The molecular weight excluding hydrogens is 660 g/mol. The van der Waals surface area contributed by atoms with Gasteiger partial charge in [-0.2, -0.15) is 28.4 Å². The van der Waals surface area contributed by atoms with Crippen LogP contribution in [0, 0.1) is 23.0 Å². The smallest absolute Gasteiger partial charge is 0.417 e. The lowest BCUT2D eigenvalue weighted by Gasteiger charge is -2.31. The van der Waals surface area contributed by atoms with Gasteiger partial charge in [-0.25, -0.2) is 13.2 Å². The van der Waals surface area contributed by atoms with Crippen LogP contribution in [0.3, 0.4) is 0 Å². The molecule has 0 aliphatic carbocycles. The number of fused-ring (bicyclic) bond motifs is 3. The number of nitriles is 1. The number of nitrogen functional groups attached to an aromatic ring is 1. The number of rotatable bonds is 6. The van der Waals surface area contributed by atoms with Gasteiger partial charge in [0.1, 0.15) is 41.0 Å². The number of aromatic nitrogens is 2. The third kappa shape index (κ3) is 5.06. The number of carbonyl (C=O) groups is 1. The Morgan fingerprint density at radius 3 is 2.71 bits per heavy atom. The highest BCUT2D eigenvalue weighted by atomic mass is 32.1. The van der Waals surface area contributed by atoms with E-state index in [4.69, 9.17) is 10.5 Å². The lowest BCUT2D eigenvalue weighted by Crippen LogP contribution is -2.43. The molecule has 2 aromatic carbocycles. The van der Waals surface area contributed by atoms with Gasteiger partial charge in [0.25, 0.3) is 0 Å². The van der Waals surface area contributed by atoms with Gasteiger partial charge in [0.2, 0.25) is 5.91 Å². The number of hydrogen-bond acceptors (Lipinski definition) is 9. The number of likely N-dealkylation sites (tertiary alicyclic amines) is 1. The van der Waals surface area contributed by atoms with Gasteiger partial charge in [-0.3, -0.25) is 9.69 Å². The van der Waals surface area contributed by atoms with Crippen molar-refractivity contribution in [3.05, 3.63) is 41.0 Å². The summed E-state index contributed by atoms with van der Waals surface area (Å²) < 4.78 is 96.8. The van der Waals surface area contributed by atoms with Gasteiger partial charge < -0.3 is 20.3 Å². The highest BCUT2D eigenvalue weighted by Gasteiger charge is 2.49. The minimum absolute atomic E-state index is 0.0276. The molecule has 3 aliphatic rings. The van der Waals surface area contributed by atoms with Crippen molar-refractivity contribution in [3.63, 3.8) is 0 Å². The molecule has 3 aliphatic heterocycles. The van der Waals surface area contributed by atoms with Crippen molar-refractivity contribution in [2.75, 3.05) is 51.0 Å². The number of anilines is 2. The molecule has 5 heterocycles. The fraction of sp³-hybridized carbons (Fsp3) is 0.438. The maximum atomic E-state index is 17.0. The fourth-order valence-corrected chi connectivity index (χ4v) is 8.39. The topological polar surface area (TPSA) is 112 Å². The summed E-state index contributed by atoms with van der Waals surface area (Å²) >= 11 is 0.673. The monoisotopic (exact) mass is 689 g/mol. The van der Waals surface area contributed by atoms with Crippen molar-refractivity contribution >= 4 is 49.1 Å². The maximum absolute atomic E-state index is 17.0. The number of alkyl halides is 4. The highest BCUT2D eigenvalue weighted by molar-refractivity contribution is 7.23. The molecule has 2 N–H and O–H groups in total. The van der Waals surface area contributed by atoms with Crippen LogP contribution in [0.4, 0.5) is 37.2 Å². The van der Waals surface area contributed by atoms with Gasteiger partial charge in [0, 0.05) is 56.4 Å². The number of thiophene rings is 1. The van der Waals surface area contributed by atoms with Gasteiger partial charge in [0.15, 0.2) is 5.82 Å². The normalized spacial score (nSPS) is 23.0. The van der Waals surface area contributed by atoms with Gasteiger partial charge in [0.05, 0.1) is 27.4 Å². The number of amides is 1. The average Bonchev–Trinajstić information content (AvgIpc) is 3.76. The lowest BCUT2D eigenvalue weighted by atomic mass is 9.92. The summed E-state index contributed by atoms with van der Waals surface area (Å²) in [4.78, 5) is 26.1. The molecule has 9 nitrogen and oxygen atoms in total. The van der Waals surface area contributed by atoms with Crippen LogP contribution in [-0.4, -0.2) is 83.8 Å². The summed E-state index contributed by atoms with van der Waals surface area (Å²) in [6.45, 7) is 1.15. The zero-order chi connectivity index (χ0) is 34.3. The van der Waals surface area contributed by atoms with Crippen molar-refractivity contribution in [1.29, 1.82) is 5.26 Å².